The van der Waals surface area contributed by atoms with E-state index in [-0.39, 0.29) is 0 Å². The zero-order valence-electron chi connectivity index (χ0n) is 14.7. The third-order valence-corrected chi connectivity index (χ3v) is 5.84. The fourth-order valence-corrected chi connectivity index (χ4v) is 4.46. The Hall–Kier alpha value is -0.0800. The molecule has 0 aromatic carbocycles. The van der Waals surface area contributed by atoms with Gasteiger partial charge in [-0.15, -0.1) is 0 Å². The zero-order chi connectivity index (χ0) is 15.1. The summed E-state index contributed by atoms with van der Waals surface area (Å²) in [6.07, 6.45) is 11.4. The van der Waals surface area contributed by atoms with Gasteiger partial charge in [-0.2, -0.15) is 0 Å². The number of hydrogen-bond acceptors (Lipinski definition) is 2. The van der Waals surface area contributed by atoms with E-state index in [0.717, 1.165) is 23.8 Å². The number of piperidine rings is 1. The van der Waals surface area contributed by atoms with Crippen LogP contribution < -0.4 is 5.32 Å². The second-order valence-electron chi connectivity index (χ2n) is 7.87. The maximum atomic E-state index is 3.59. The van der Waals surface area contributed by atoms with Crippen LogP contribution in [0.15, 0.2) is 0 Å². The molecule has 3 unspecified atom stereocenters. The van der Waals surface area contributed by atoms with E-state index in [2.05, 4.69) is 31.0 Å². The molecule has 0 amide bonds. The van der Waals surface area contributed by atoms with Crippen molar-refractivity contribution >= 4 is 0 Å². The third-order valence-electron chi connectivity index (χ3n) is 5.84. The SMILES string of the molecule is CCCN(CC1CCCNC1)C1CCCC(C(C)C)CC1. The molecule has 3 atom stereocenters. The Balaban J connectivity index is 1.87. The number of nitrogens with zero attached hydrogens (tertiary/aromatic N) is 1. The van der Waals surface area contributed by atoms with Crippen molar-refractivity contribution in [2.24, 2.45) is 17.8 Å². The second kappa shape index (κ2) is 9.15. The van der Waals surface area contributed by atoms with E-state index in [0.29, 0.717) is 0 Å². The highest BCUT2D eigenvalue weighted by Crippen LogP contribution is 2.31. The predicted octanol–water partition coefficient (Wildman–Crippen LogP) is 4.30. The van der Waals surface area contributed by atoms with Gasteiger partial charge < -0.3 is 10.2 Å². The fraction of sp³-hybridized carbons (Fsp3) is 1.00. The van der Waals surface area contributed by atoms with Crippen molar-refractivity contribution in [2.75, 3.05) is 26.2 Å². The van der Waals surface area contributed by atoms with Crippen molar-refractivity contribution < 1.29 is 0 Å². The minimum absolute atomic E-state index is 0.871. The summed E-state index contributed by atoms with van der Waals surface area (Å²) in [4.78, 5) is 2.86. The molecule has 1 saturated heterocycles. The van der Waals surface area contributed by atoms with Crippen LogP contribution in [-0.4, -0.2) is 37.1 Å². The highest BCUT2D eigenvalue weighted by atomic mass is 15.2. The third kappa shape index (κ3) is 5.56. The summed E-state index contributed by atoms with van der Waals surface area (Å²) in [7, 11) is 0. The average Bonchev–Trinajstić information content (AvgIpc) is 2.74. The normalized spacial score (nSPS) is 31.6. The van der Waals surface area contributed by atoms with Gasteiger partial charge in [-0.05, 0) is 75.9 Å². The summed E-state index contributed by atoms with van der Waals surface area (Å²) in [5.41, 5.74) is 0. The summed E-state index contributed by atoms with van der Waals surface area (Å²) >= 11 is 0. The Bertz CT molecular complexity index is 271. The van der Waals surface area contributed by atoms with Crippen molar-refractivity contribution in [3.05, 3.63) is 0 Å². The lowest BCUT2D eigenvalue weighted by Crippen LogP contribution is -2.43. The van der Waals surface area contributed by atoms with Crippen molar-refractivity contribution in [2.45, 2.75) is 78.2 Å². The van der Waals surface area contributed by atoms with Gasteiger partial charge >= 0.3 is 0 Å². The summed E-state index contributed by atoms with van der Waals surface area (Å²) < 4.78 is 0. The van der Waals surface area contributed by atoms with Crippen molar-refractivity contribution in [3.63, 3.8) is 0 Å². The van der Waals surface area contributed by atoms with Crippen LogP contribution in [0.5, 0.6) is 0 Å². The molecule has 1 heterocycles. The first-order valence-electron chi connectivity index (χ1n) is 9.65. The minimum Gasteiger partial charge on any atom is -0.316 e. The first kappa shape index (κ1) is 17.3. The van der Waals surface area contributed by atoms with Crippen LogP contribution in [0.3, 0.4) is 0 Å². The highest BCUT2D eigenvalue weighted by molar-refractivity contribution is 4.81. The van der Waals surface area contributed by atoms with E-state index in [9.17, 15) is 0 Å². The molecule has 0 aromatic heterocycles. The number of nitrogens with one attached hydrogen (secondary N) is 1. The standard InChI is InChI=1S/C19H38N2/c1-4-13-21(15-17-7-6-12-20-14-17)19-9-5-8-18(10-11-19)16(2)3/h16-20H,4-15H2,1-3H3. The molecule has 124 valence electrons. The van der Waals surface area contributed by atoms with Crippen molar-refractivity contribution in [1.82, 2.24) is 10.2 Å². The molecule has 21 heavy (non-hydrogen) atoms. The number of hydrogen-bond donors (Lipinski definition) is 1. The van der Waals surface area contributed by atoms with Gasteiger partial charge in [0, 0.05) is 12.6 Å². The van der Waals surface area contributed by atoms with Crippen LogP contribution >= 0.6 is 0 Å². The monoisotopic (exact) mass is 294 g/mol. The summed E-state index contributed by atoms with van der Waals surface area (Å²) in [5.74, 6) is 2.76. The lowest BCUT2D eigenvalue weighted by molar-refractivity contribution is 0.139. The topological polar surface area (TPSA) is 15.3 Å². The van der Waals surface area contributed by atoms with Crippen LogP contribution in [0.2, 0.25) is 0 Å². The first-order valence-corrected chi connectivity index (χ1v) is 9.65. The van der Waals surface area contributed by atoms with Gasteiger partial charge in [0.2, 0.25) is 0 Å². The van der Waals surface area contributed by atoms with Gasteiger partial charge in [0.15, 0.2) is 0 Å². The molecule has 2 aliphatic rings. The van der Waals surface area contributed by atoms with Crippen LogP contribution in [0.4, 0.5) is 0 Å². The van der Waals surface area contributed by atoms with Crippen LogP contribution in [0, 0.1) is 17.8 Å². The molecule has 1 N–H and O–H groups in total. The van der Waals surface area contributed by atoms with E-state index in [4.69, 9.17) is 0 Å². The van der Waals surface area contributed by atoms with E-state index >= 15 is 0 Å². The zero-order valence-corrected chi connectivity index (χ0v) is 14.7. The van der Waals surface area contributed by atoms with Crippen molar-refractivity contribution in [1.29, 1.82) is 0 Å². The Labute approximate surface area is 133 Å². The molecule has 2 rings (SSSR count). The Morgan fingerprint density at radius 2 is 1.90 bits per heavy atom. The molecule has 0 bridgehead atoms. The van der Waals surface area contributed by atoms with Gasteiger partial charge in [-0.25, -0.2) is 0 Å². The Morgan fingerprint density at radius 3 is 2.57 bits per heavy atom. The summed E-state index contributed by atoms with van der Waals surface area (Å²) in [6.45, 7) is 12.3. The maximum absolute atomic E-state index is 3.59. The highest BCUT2D eigenvalue weighted by Gasteiger charge is 2.26. The molecule has 2 nitrogen and oxygen atoms in total. The van der Waals surface area contributed by atoms with Crippen LogP contribution in [0.1, 0.15) is 72.1 Å². The molecular weight excluding hydrogens is 256 g/mol. The lowest BCUT2D eigenvalue weighted by atomic mass is 9.89. The van der Waals surface area contributed by atoms with Crippen LogP contribution in [-0.2, 0) is 0 Å². The maximum Gasteiger partial charge on any atom is 0.00954 e. The van der Waals surface area contributed by atoms with Gasteiger partial charge in [0.05, 0.1) is 0 Å². The molecule has 0 radical (unpaired) electrons. The summed E-state index contributed by atoms with van der Waals surface area (Å²) in [5, 5.41) is 3.59. The molecule has 1 aliphatic heterocycles. The van der Waals surface area contributed by atoms with E-state index in [1.807, 2.05) is 0 Å². The summed E-state index contributed by atoms with van der Waals surface area (Å²) in [6, 6.07) is 0.871. The van der Waals surface area contributed by atoms with Crippen LogP contribution in [0.25, 0.3) is 0 Å². The first-order chi connectivity index (χ1) is 10.2. The Kier molecular flexibility index (Phi) is 7.53. The van der Waals surface area contributed by atoms with E-state index < -0.39 is 0 Å². The van der Waals surface area contributed by atoms with E-state index in [1.165, 1.54) is 77.5 Å². The van der Waals surface area contributed by atoms with E-state index in [1.54, 1.807) is 0 Å². The smallest absolute Gasteiger partial charge is 0.00954 e. The minimum atomic E-state index is 0.871. The quantitative estimate of drug-likeness (QED) is 0.735. The second-order valence-corrected chi connectivity index (χ2v) is 7.87. The van der Waals surface area contributed by atoms with Gasteiger partial charge in [-0.3, -0.25) is 0 Å². The molecule has 0 spiro atoms. The largest absolute Gasteiger partial charge is 0.316 e. The van der Waals surface area contributed by atoms with Gasteiger partial charge in [0.25, 0.3) is 0 Å². The predicted molar refractivity (Wildman–Crippen MR) is 92.7 cm³/mol. The fourth-order valence-electron chi connectivity index (χ4n) is 4.46. The molecule has 1 saturated carbocycles. The molecule has 2 fully saturated rings. The van der Waals surface area contributed by atoms with Crippen molar-refractivity contribution in [3.8, 4) is 0 Å². The van der Waals surface area contributed by atoms with Gasteiger partial charge in [-0.1, -0.05) is 33.6 Å². The lowest BCUT2D eigenvalue weighted by Gasteiger charge is -2.35. The van der Waals surface area contributed by atoms with Gasteiger partial charge in [0.1, 0.15) is 0 Å². The average molecular weight is 295 g/mol. The molecule has 0 aromatic rings. The number of rotatable bonds is 6. The molecular formula is C19H38N2. The Morgan fingerprint density at radius 1 is 1.05 bits per heavy atom. The molecule has 2 heteroatoms. The molecule has 1 aliphatic carbocycles.